The number of para-hydroxylation sites is 1. The maximum Gasteiger partial charge on any atom is 0.340 e. The van der Waals surface area contributed by atoms with E-state index in [-0.39, 0.29) is 5.97 Å². The summed E-state index contributed by atoms with van der Waals surface area (Å²) in [5.41, 5.74) is 7.89. The zero-order valence-corrected chi connectivity index (χ0v) is 12.5. The van der Waals surface area contributed by atoms with Gasteiger partial charge in [0.05, 0.1) is 23.5 Å². The van der Waals surface area contributed by atoms with Crippen LogP contribution < -0.4 is 11.1 Å². The van der Waals surface area contributed by atoms with Crippen molar-refractivity contribution in [3.63, 3.8) is 0 Å². The number of nitrogen functional groups attached to an aromatic ring is 1. The van der Waals surface area contributed by atoms with Crippen molar-refractivity contribution in [2.45, 2.75) is 38.3 Å². The van der Waals surface area contributed by atoms with Crippen LogP contribution in [0.3, 0.4) is 0 Å². The summed E-state index contributed by atoms with van der Waals surface area (Å²) in [6.07, 6.45) is 3.81. The van der Waals surface area contributed by atoms with E-state index in [2.05, 4.69) is 10.2 Å². The number of ether oxygens (including phenoxy) is 1. The molecule has 0 aromatic heterocycles. The first-order chi connectivity index (χ1) is 10.2. The van der Waals surface area contributed by atoms with Gasteiger partial charge in [0.25, 0.3) is 0 Å². The van der Waals surface area contributed by atoms with E-state index in [4.69, 9.17) is 10.5 Å². The molecule has 0 bridgehead atoms. The van der Waals surface area contributed by atoms with Crippen molar-refractivity contribution in [2.75, 3.05) is 30.7 Å². The molecule has 0 spiro atoms. The molecule has 1 atom stereocenters. The van der Waals surface area contributed by atoms with Crippen LogP contribution in [0.15, 0.2) is 18.2 Å². The lowest BCUT2D eigenvalue weighted by molar-refractivity contribution is 0.0527. The molecule has 3 rings (SSSR count). The minimum Gasteiger partial charge on any atom is -0.462 e. The molecule has 114 valence electrons. The Morgan fingerprint density at radius 1 is 1.43 bits per heavy atom. The lowest BCUT2D eigenvalue weighted by Gasteiger charge is -2.18. The Hall–Kier alpha value is -1.75. The predicted molar refractivity (Wildman–Crippen MR) is 83.4 cm³/mol. The number of esters is 1. The van der Waals surface area contributed by atoms with Crippen molar-refractivity contribution < 1.29 is 9.53 Å². The normalized spacial score (nSPS) is 22.2. The smallest absolute Gasteiger partial charge is 0.340 e. The van der Waals surface area contributed by atoms with Gasteiger partial charge in [-0.1, -0.05) is 6.07 Å². The second-order valence-corrected chi connectivity index (χ2v) is 5.84. The van der Waals surface area contributed by atoms with Crippen LogP contribution in [-0.2, 0) is 4.74 Å². The highest BCUT2D eigenvalue weighted by molar-refractivity contribution is 5.98. The molecule has 0 radical (unpaired) electrons. The Morgan fingerprint density at radius 3 is 2.95 bits per heavy atom. The highest BCUT2D eigenvalue weighted by Crippen LogP contribution is 2.31. The summed E-state index contributed by atoms with van der Waals surface area (Å²) >= 11 is 0. The third kappa shape index (κ3) is 3.13. The predicted octanol–water partition coefficient (Wildman–Crippen LogP) is 2.09. The molecule has 1 unspecified atom stereocenters. The third-order valence-corrected chi connectivity index (χ3v) is 4.24. The largest absolute Gasteiger partial charge is 0.462 e. The van der Waals surface area contributed by atoms with E-state index in [1.165, 1.54) is 12.8 Å². The summed E-state index contributed by atoms with van der Waals surface area (Å²) in [5.74, 6) is -0.357. The molecule has 1 aliphatic heterocycles. The third-order valence-electron chi connectivity index (χ3n) is 4.24. The molecular weight excluding hydrogens is 266 g/mol. The van der Waals surface area contributed by atoms with E-state index in [1.807, 2.05) is 12.1 Å². The van der Waals surface area contributed by atoms with Crippen LogP contribution >= 0.6 is 0 Å². The summed E-state index contributed by atoms with van der Waals surface area (Å²) in [6, 6.07) is 6.70. The number of carbonyl (C=O) groups excluding carboxylic acids is 1. The van der Waals surface area contributed by atoms with Crippen LogP contribution in [0, 0.1) is 0 Å². The zero-order valence-electron chi connectivity index (χ0n) is 12.5. The molecule has 3 N–H and O–H groups in total. The van der Waals surface area contributed by atoms with Crippen LogP contribution in [0.25, 0.3) is 0 Å². The van der Waals surface area contributed by atoms with Crippen molar-refractivity contribution in [1.82, 2.24) is 4.90 Å². The number of hydrogen-bond acceptors (Lipinski definition) is 5. The maximum atomic E-state index is 11.9. The fourth-order valence-electron chi connectivity index (χ4n) is 2.97. The summed E-state index contributed by atoms with van der Waals surface area (Å²) in [6.45, 7) is 4.36. The quantitative estimate of drug-likeness (QED) is 0.642. The van der Waals surface area contributed by atoms with Gasteiger partial charge in [-0.25, -0.2) is 4.79 Å². The number of carbonyl (C=O) groups is 1. The molecule has 1 heterocycles. The average molecular weight is 289 g/mol. The van der Waals surface area contributed by atoms with E-state index in [1.54, 1.807) is 13.0 Å². The first kappa shape index (κ1) is 14.2. The van der Waals surface area contributed by atoms with Gasteiger partial charge < -0.3 is 15.8 Å². The minimum absolute atomic E-state index is 0.356. The van der Waals surface area contributed by atoms with Gasteiger partial charge in [-0.05, 0) is 38.3 Å². The second-order valence-electron chi connectivity index (χ2n) is 5.84. The Balaban J connectivity index is 1.68. The lowest BCUT2D eigenvalue weighted by Crippen LogP contribution is -2.28. The van der Waals surface area contributed by atoms with Gasteiger partial charge in [0, 0.05) is 25.2 Å². The molecule has 1 aliphatic carbocycles. The molecule has 2 fully saturated rings. The zero-order chi connectivity index (χ0) is 14.8. The van der Waals surface area contributed by atoms with Crippen LogP contribution in [0.4, 0.5) is 11.4 Å². The Kier molecular flexibility index (Phi) is 4.01. The van der Waals surface area contributed by atoms with Gasteiger partial charge in [0.1, 0.15) is 0 Å². The Bertz CT molecular complexity index is 528. The highest BCUT2D eigenvalue weighted by atomic mass is 16.5. The molecule has 5 nitrogen and oxygen atoms in total. The van der Waals surface area contributed by atoms with Gasteiger partial charge in [-0.15, -0.1) is 0 Å². The van der Waals surface area contributed by atoms with E-state index >= 15 is 0 Å². The number of likely N-dealkylation sites (tertiary alicyclic amines) is 1. The standard InChI is InChI=1S/C16H23N3O2/c1-2-21-16(20)13-4-3-5-14(15(13)17)18-11-8-9-19(10-11)12-6-7-12/h3-5,11-12,18H,2,6-10,17H2,1H3. The van der Waals surface area contributed by atoms with Gasteiger partial charge in [-0.3, -0.25) is 4.90 Å². The molecule has 1 saturated carbocycles. The second kappa shape index (κ2) is 5.93. The fraction of sp³-hybridized carbons (Fsp3) is 0.562. The topological polar surface area (TPSA) is 67.6 Å². The molecule has 2 aliphatic rings. The number of nitrogens with one attached hydrogen (secondary N) is 1. The number of nitrogens with two attached hydrogens (primary N) is 1. The Labute approximate surface area is 125 Å². The molecule has 1 saturated heterocycles. The molecule has 5 heteroatoms. The van der Waals surface area contributed by atoms with Gasteiger partial charge >= 0.3 is 5.97 Å². The summed E-state index contributed by atoms with van der Waals surface area (Å²) in [5, 5.41) is 3.48. The molecule has 1 aromatic rings. The summed E-state index contributed by atoms with van der Waals surface area (Å²) in [7, 11) is 0. The number of hydrogen-bond donors (Lipinski definition) is 2. The fourth-order valence-corrected chi connectivity index (χ4v) is 2.97. The monoisotopic (exact) mass is 289 g/mol. The van der Waals surface area contributed by atoms with Crippen LogP contribution in [0.1, 0.15) is 36.5 Å². The lowest BCUT2D eigenvalue weighted by atomic mass is 10.1. The van der Waals surface area contributed by atoms with Crippen LogP contribution in [0.5, 0.6) is 0 Å². The van der Waals surface area contributed by atoms with Crippen molar-refractivity contribution in [1.29, 1.82) is 0 Å². The maximum absolute atomic E-state index is 11.9. The first-order valence-corrected chi connectivity index (χ1v) is 7.75. The van der Waals surface area contributed by atoms with Crippen molar-refractivity contribution >= 4 is 17.3 Å². The average Bonchev–Trinajstić information content (AvgIpc) is 3.22. The van der Waals surface area contributed by atoms with Gasteiger partial charge in [0.2, 0.25) is 0 Å². The summed E-state index contributed by atoms with van der Waals surface area (Å²) in [4.78, 5) is 14.4. The number of anilines is 2. The number of rotatable bonds is 5. The van der Waals surface area contributed by atoms with E-state index in [0.717, 1.165) is 31.2 Å². The van der Waals surface area contributed by atoms with Crippen molar-refractivity contribution in [3.05, 3.63) is 23.8 Å². The van der Waals surface area contributed by atoms with E-state index in [9.17, 15) is 4.79 Å². The number of nitrogens with zero attached hydrogens (tertiary/aromatic N) is 1. The molecule has 21 heavy (non-hydrogen) atoms. The minimum atomic E-state index is -0.357. The molecule has 1 aromatic carbocycles. The van der Waals surface area contributed by atoms with E-state index < -0.39 is 0 Å². The van der Waals surface area contributed by atoms with Gasteiger partial charge in [0.15, 0.2) is 0 Å². The molecule has 0 amide bonds. The van der Waals surface area contributed by atoms with Crippen LogP contribution in [0.2, 0.25) is 0 Å². The van der Waals surface area contributed by atoms with Crippen molar-refractivity contribution in [2.24, 2.45) is 0 Å². The van der Waals surface area contributed by atoms with E-state index in [0.29, 0.717) is 23.9 Å². The van der Waals surface area contributed by atoms with Gasteiger partial charge in [-0.2, -0.15) is 0 Å². The Morgan fingerprint density at radius 2 is 2.24 bits per heavy atom. The first-order valence-electron chi connectivity index (χ1n) is 7.75. The summed E-state index contributed by atoms with van der Waals surface area (Å²) < 4.78 is 5.04. The number of benzene rings is 1. The van der Waals surface area contributed by atoms with Crippen molar-refractivity contribution in [3.8, 4) is 0 Å². The van der Waals surface area contributed by atoms with Crippen LogP contribution in [-0.4, -0.2) is 42.6 Å². The SMILES string of the molecule is CCOC(=O)c1cccc(NC2CCN(C3CC3)C2)c1N. The highest BCUT2D eigenvalue weighted by Gasteiger charge is 2.34. The molecular formula is C16H23N3O2.